The number of carbonyl (C=O) groups is 1. The predicted molar refractivity (Wildman–Crippen MR) is 106 cm³/mol. The summed E-state index contributed by atoms with van der Waals surface area (Å²) in [6.07, 6.45) is 5.60. The molecule has 1 fully saturated rings. The molecule has 0 spiro atoms. The number of anilines is 2. The minimum absolute atomic E-state index is 0.102. The third kappa shape index (κ3) is 3.48. The molecule has 1 aromatic heterocycles. The summed E-state index contributed by atoms with van der Waals surface area (Å²) < 4.78 is 0. The van der Waals surface area contributed by atoms with Gasteiger partial charge in [0.25, 0.3) is 5.91 Å². The van der Waals surface area contributed by atoms with Crippen LogP contribution in [0, 0.1) is 0 Å². The highest BCUT2D eigenvalue weighted by molar-refractivity contribution is 6.22. The summed E-state index contributed by atoms with van der Waals surface area (Å²) in [4.78, 5) is 25.3. The number of benzene rings is 1. The summed E-state index contributed by atoms with van der Waals surface area (Å²) in [7, 11) is 0. The summed E-state index contributed by atoms with van der Waals surface area (Å²) in [6, 6.07) is 10.4. The zero-order chi connectivity index (χ0) is 18.8. The van der Waals surface area contributed by atoms with Crippen molar-refractivity contribution in [3.8, 4) is 5.75 Å². The van der Waals surface area contributed by atoms with E-state index in [4.69, 9.17) is 5.73 Å². The summed E-state index contributed by atoms with van der Waals surface area (Å²) >= 11 is 0. The molecule has 138 valence electrons. The first kappa shape index (κ1) is 17.1. The van der Waals surface area contributed by atoms with Crippen molar-refractivity contribution < 1.29 is 9.90 Å². The average molecular weight is 363 g/mol. The van der Waals surface area contributed by atoms with Crippen LogP contribution in [0.4, 0.5) is 17.2 Å². The van der Waals surface area contributed by atoms with E-state index in [1.807, 2.05) is 12.1 Å². The molecule has 27 heavy (non-hydrogen) atoms. The topological polar surface area (TPSA) is 95.0 Å². The lowest BCUT2D eigenvalue weighted by molar-refractivity contribution is -0.114. The second kappa shape index (κ2) is 7.11. The van der Waals surface area contributed by atoms with Crippen LogP contribution in [0.3, 0.4) is 0 Å². The van der Waals surface area contributed by atoms with Gasteiger partial charge in [0.1, 0.15) is 11.6 Å². The number of aromatic nitrogens is 1. The molecule has 1 aromatic carbocycles. The quantitative estimate of drug-likeness (QED) is 0.813. The third-order valence-corrected chi connectivity index (χ3v) is 4.80. The Hall–Kier alpha value is -3.35. The van der Waals surface area contributed by atoms with Crippen LogP contribution in [-0.2, 0) is 4.79 Å². The molecule has 4 rings (SSSR count). The first-order valence-electron chi connectivity index (χ1n) is 8.96. The molecule has 3 heterocycles. The van der Waals surface area contributed by atoms with Crippen molar-refractivity contribution in [3.63, 3.8) is 0 Å². The highest BCUT2D eigenvalue weighted by Crippen LogP contribution is 2.26. The molecular formula is C20H21N5O2. The Morgan fingerprint density at radius 2 is 2.00 bits per heavy atom. The standard InChI is InChI=1S/C20H21N5O2/c21-18-13-25(15-4-3-5-16(26)10-15)20(27)17(18)12-22-14-6-7-19(23-11-14)24-8-1-2-9-24/h3-7,10-12,26H,1-2,8-9,13,21H2. The van der Waals surface area contributed by atoms with Gasteiger partial charge in [0.15, 0.2) is 0 Å². The molecule has 2 aliphatic heterocycles. The summed E-state index contributed by atoms with van der Waals surface area (Å²) in [5, 5.41) is 9.62. The van der Waals surface area contributed by atoms with Crippen molar-refractivity contribution >= 4 is 29.3 Å². The fourth-order valence-electron chi connectivity index (χ4n) is 3.34. The van der Waals surface area contributed by atoms with Gasteiger partial charge in [-0.2, -0.15) is 0 Å². The molecule has 0 atom stereocenters. The Balaban J connectivity index is 1.48. The van der Waals surface area contributed by atoms with Crippen LogP contribution in [0.5, 0.6) is 5.75 Å². The molecule has 1 saturated heterocycles. The normalized spacial score (nSPS) is 17.6. The molecule has 0 aliphatic carbocycles. The number of hydrogen-bond donors (Lipinski definition) is 2. The van der Waals surface area contributed by atoms with Crippen LogP contribution in [0.2, 0.25) is 0 Å². The number of amides is 1. The lowest BCUT2D eigenvalue weighted by Gasteiger charge is -2.16. The average Bonchev–Trinajstić information content (AvgIpc) is 3.30. The van der Waals surface area contributed by atoms with Gasteiger partial charge in [0.2, 0.25) is 0 Å². The minimum atomic E-state index is -0.233. The largest absolute Gasteiger partial charge is 0.508 e. The van der Waals surface area contributed by atoms with Crippen molar-refractivity contribution in [2.45, 2.75) is 12.8 Å². The van der Waals surface area contributed by atoms with E-state index in [2.05, 4.69) is 14.9 Å². The number of phenolic OH excluding ortho intramolecular Hbond substituents is 1. The number of phenols is 1. The molecule has 2 aromatic rings. The number of aromatic hydroxyl groups is 1. The molecule has 7 nitrogen and oxygen atoms in total. The number of aliphatic imine (C=N–C) groups is 1. The van der Waals surface area contributed by atoms with E-state index < -0.39 is 0 Å². The lowest BCUT2D eigenvalue weighted by atomic mass is 10.2. The van der Waals surface area contributed by atoms with Crippen molar-refractivity contribution in [2.24, 2.45) is 10.7 Å². The molecule has 3 N–H and O–H groups in total. The van der Waals surface area contributed by atoms with E-state index in [0.29, 0.717) is 22.6 Å². The zero-order valence-corrected chi connectivity index (χ0v) is 14.9. The Labute approximate surface area is 157 Å². The SMILES string of the molecule is NC1=C(C=Nc2ccc(N3CCCC3)nc2)C(=O)N(c2cccc(O)c2)C1. The summed E-state index contributed by atoms with van der Waals surface area (Å²) in [6.45, 7) is 2.35. The minimum Gasteiger partial charge on any atom is -0.508 e. The molecule has 0 unspecified atom stereocenters. The molecule has 2 aliphatic rings. The number of rotatable bonds is 4. The number of nitrogens with two attached hydrogens (primary N) is 1. The number of carbonyl (C=O) groups excluding carboxylic acids is 1. The van der Waals surface area contributed by atoms with Crippen molar-refractivity contribution in [1.29, 1.82) is 0 Å². The summed E-state index contributed by atoms with van der Waals surface area (Å²) in [5.74, 6) is 0.825. The van der Waals surface area contributed by atoms with Crippen LogP contribution in [0.15, 0.2) is 58.9 Å². The van der Waals surface area contributed by atoms with Crippen molar-refractivity contribution in [3.05, 3.63) is 53.9 Å². The van der Waals surface area contributed by atoms with Crippen LogP contribution in [0.1, 0.15) is 12.8 Å². The van der Waals surface area contributed by atoms with Gasteiger partial charge in [-0.25, -0.2) is 4.98 Å². The highest BCUT2D eigenvalue weighted by atomic mass is 16.3. The second-order valence-electron chi connectivity index (χ2n) is 6.68. The van der Waals surface area contributed by atoms with Gasteiger partial charge in [-0.3, -0.25) is 9.79 Å². The van der Waals surface area contributed by atoms with Gasteiger partial charge in [-0.05, 0) is 37.1 Å². The zero-order valence-electron chi connectivity index (χ0n) is 14.9. The smallest absolute Gasteiger partial charge is 0.262 e. The molecule has 0 saturated carbocycles. The van der Waals surface area contributed by atoms with E-state index in [-0.39, 0.29) is 18.2 Å². The van der Waals surface area contributed by atoms with Gasteiger partial charge in [-0.1, -0.05) is 6.07 Å². The van der Waals surface area contributed by atoms with Crippen LogP contribution in [0.25, 0.3) is 0 Å². The monoisotopic (exact) mass is 363 g/mol. The number of nitrogens with zero attached hydrogens (tertiary/aromatic N) is 4. The number of hydrogen-bond acceptors (Lipinski definition) is 6. The van der Waals surface area contributed by atoms with E-state index in [0.717, 1.165) is 18.9 Å². The molecule has 0 bridgehead atoms. The third-order valence-electron chi connectivity index (χ3n) is 4.80. The Morgan fingerprint density at radius 1 is 1.19 bits per heavy atom. The first-order chi connectivity index (χ1) is 13.1. The van der Waals surface area contributed by atoms with Gasteiger partial charge < -0.3 is 20.6 Å². The lowest BCUT2D eigenvalue weighted by Crippen LogP contribution is -2.27. The van der Waals surface area contributed by atoms with Gasteiger partial charge in [0, 0.05) is 36.8 Å². The van der Waals surface area contributed by atoms with Crippen LogP contribution < -0.4 is 15.5 Å². The second-order valence-corrected chi connectivity index (χ2v) is 6.68. The van der Waals surface area contributed by atoms with Crippen molar-refractivity contribution in [1.82, 2.24) is 4.98 Å². The van der Waals surface area contributed by atoms with E-state index >= 15 is 0 Å². The number of pyridine rings is 1. The molecule has 7 heteroatoms. The first-order valence-corrected chi connectivity index (χ1v) is 8.96. The van der Waals surface area contributed by atoms with Gasteiger partial charge >= 0.3 is 0 Å². The van der Waals surface area contributed by atoms with Crippen molar-refractivity contribution in [2.75, 3.05) is 29.4 Å². The fourth-order valence-corrected chi connectivity index (χ4v) is 3.34. The summed E-state index contributed by atoms with van der Waals surface area (Å²) in [5.41, 5.74) is 8.13. The fraction of sp³-hybridized carbons (Fsp3) is 0.250. The molecule has 0 radical (unpaired) electrons. The predicted octanol–water partition coefficient (Wildman–Crippen LogP) is 2.35. The van der Waals surface area contributed by atoms with E-state index in [1.165, 1.54) is 30.0 Å². The maximum Gasteiger partial charge on any atom is 0.262 e. The molecular weight excluding hydrogens is 342 g/mol. The van der Waals surface area contributed by atoms with Gasteiger partial charge in [-0.15, -0.1) is 0 Å². The highest BCUT2D eigenvalue weighted by Gasteiger charge is 2.29. The van der Waals surface area contributed by atoms with E-state index in [9.17, 15) is 9.90 Å². The van der Waals surface area contributed by atoms with Gasteiger partial charge in [0.05, 0.1) is 24.0 Å². The maximum absolute atomic E-state index is 12.7. The van der Waals surface area contributed by atoms with Crippen LogP contribution >= 0.6 is 0 Å². The van der Waals surface area contributed by atoms with E-state index in [1.54, 1.807) is 24.4 Å². The maximum atomic E-state index is 12.7. The van der Waals surface area contributed by atoms with Crippen LogP contribution in [-0.4, -0.2) is 41.8 Å². The Kier molecular flexibility index (Phi) is 4.50. The Morgan fingerprint density at radius 3 is 2.70 bits per heavy atom. The Bertz CT molecular complexity index is 914. The molecule has 1 amide bonds.